The molecule has 0 radical (unpaired) electrons. The molecule has 0 fully saturated rings. The average Bonchev–Trinajstić information content (AvgIpc) is 3.06. The molecule has 5 heteroatoms. The quantitative estimate of drug-likeness (QED) is 0.0450. The summed E-state index contributed by atoms with van der Waals surface area (Å²) in [7, 11) is 0. The van der Waals surface area contributed by atoms with Crippen LogP contribution in [0, 0.1) is 0 Å². The monoisotopic (exact) mass is 638 g/mol. The van der Waals surface area contributed by atoms with Gasteiger partial charge in [-0.05, 0) is 83.5 Å². The SMILES string of the molecule is CC/C=C\C/C=C\C/C=C\C/C=C\C/C=C\CCCC(=O)OCC(O)CNC(=O)CCCCCCC/C=C\C/C=C\CCCCC. The summed E-state index contributed by atoms with van der Waals surface area (Å²) in [6.45, 7) is 4.39. The molecule has 0 spiro atoms. The van der Waals surface area contributed by atoms with E-state index in [4.69, 9.17) is 4.74 Å². The number of aliphatic hydroxyl groups is 1. The van der Waals surface area contributed by atoms with Crippen molar-refractivity contribution in [3.8, 4) is 0 Å². The first-order valence-corrected chi connectivity index (χ1v) is 18.2. The predicted octanol–water partition coefficient (Wildman–Crippen LogP) is 10.7. The van der Waals surface area contributed by atoms with Gasteiger partial charge in [-0.3, -0.25) is 9.59 Å². The summed E-state index contributed by atoms with van der Waals surface area (Å²) in [5, 5.41) is 12.8. The van der Waals surface area contributed by atoms with Crippen molar-refractivity contribution in [3.05, 3.63) is 85.1 Å². The zero-order valence-corrected chi connectivity index (χ0v) is 29.4. The Morgan fingerprint density at radius 2 is 1.02 bits per heavy atom. The highest BCUT2D eigenvalue weighted by molar-refractivity contribution is 5.75. The van der Waals surface area contributed by atoms with Crippen molar-refractivity contribution in [2.24, 2.45) is 0 Å². The molecule has 0 bridgehead atoms. The number of aliphatic hydroxyl groups excluding tert-OH is 1. The second-order valence-electron chi connectivity index (χ2n) is 11.7. The van der Waals surface area contributed by atoms with Crippen LogP contribution in [0.3, 0.4) is 0 Å². The lowest BCUT2D eigenvalue weighted by atomic mass is 10.1. The van der Waals surface area contributed by atoms with Crippen LogP contribution in [0.2, 0.25) is 0 Å². The maximum Gasteiger partial charge on any atom is 0.305 e. The molecule has 0 aliphatic carbocycles. The molecule has 1 amide bonds. The van der Waals surface area contributed by atoms with E-state index in [1.807, 2.05) is 0 Å². The molecule has 0 saturated heterocycles. The van der Waals surface area contributed by atoms with Gasteiger partial charge in [-0.1, -0.05) is 131 Å². The highest BCUT2D eigenvalue weighted by Crippen LogP contribution is 2.08. The fourth-order valence-electron chi connectivity index (χ4n) is 4.47. The number of unbranched alkanes of at least 4 members (excludes halogenated alkanes) is 9. The van der Waals surface area contributed by atoms with Crippen LogP contribution in [-0.2, 0) is 14.3 Å². The summed E-state index contributed by atoms with van der Waals surface area (Å²) in [6.07, 6.45) is 49.7. The summed E-state index contributed by atoms with van der Waals surface area (Å²) in [5.41, 5.74) is 0. The van der Waals surface area contributed by atoms with Crippen LogP contribution >= 0.6 is 0 Å². The third kappa shape index (κ3) is 35.6. The lowest BCUT2D eigenvalue weighted by molar-refractivity contribution is -0.146. The third-order valence-electron chi connectivity index (χ3n) is 7.24. The molecule has 0 saturated carbocycles. The van der Waals surface area contributed by atoms with Crippen LogP contribution in [0.4, 0.5) is 0 Å². The summed E-state index contributed by atoms with van der Waals surface area (Å²) in [5.74, 6) is -0.379. The minimum Gasteiger partial charge on any atom is -0.463 e. The van der Waals surface area contributed by atoms with E-state index in [1.54, 1.807) is 0 Å². The Labute approximate surface area is 282 Å². The molecule has 5 nitrogen and oxygen atoms in total. The average molecular weight is 638 g/mol. The minimum atomic E-state index is -0.886. The van der Waals surface area contributed by atoms with Crippen molar-refractivity contribution >= 4 is 11.9 Å². The Balaban J connectivity index is 3.61. The van der Waals surface area contributed by atoms with Gasteiger partial charge in [0.2, 0.25) is 5.91 Å². The van der Waals surface area contributed by atoms with Crippen LogP contribution in [0.15, 0.2) is 85.1 Å². The topological polar surface area (TPSA) is 75.6 Å². The first kappa shape index (κ1) is 43.1. The number of nitrogens with one attached hydrogen (secondary N) is 1. The molecule has 2 N–H and O–H groups in total. The van der Waals surface area contributed by atoms with E-state index in [0.717, 1.165) is 70.6 Å². The molecule has 1 unspecified atom stereocenters. The van der Waals surface area contributed by atoms with Gasteiger partial charge in [-0.2, -0.15) is 0 Å². The third-order valence-corrected chi connectivity index (χ3v) is 7.24. The highest BCUT2D eigenvalue weighted by Gasteiger charge is 2.10. The smallest absolute Gasteiger partial charge is 0.305 e. The molecule has 0 rings (SSSR count). The van der Waals surface area contributed by atoms with Crippen molar-refractivity contribution in [1.82, 2.24) is 5.32 Å². The van der Waals surface area contributed by atoms with Crippen LogP contribution in [0.25, 0.3) is 0 Å². The maximum atomic E-state index is 12.0. The minimum absolute atomic E-state index is 0.0619. The summed E-state index contributed by atoms with van der Waals surface area (Å²) < 4.78 is 5.16. The fourth-order valence-corrected chi connectivity index (χ4v) is 4.47. The van der Waals surface area contributed by atoms with Crippen molar-refractivity contribution in [2.45, 2.75) is 148 Å². The molecule has 0 heterocycles. The fraction of sp³-hybridized carbons (Fsp3) is 0.610. The molecule has 1 atom stereocenters. The second kappa shape index (κ2) is 36.5. The van der Waals surface area contributed by atoms with E-state index in [1.165, 1.54) is 38.5 Å². The Bertz CT molecular complexity index is 909. The molecular weight excluding hydrogens is 570 g/mol. The molecule has 0 aromatic rings. The van der Waals surface area contributed by atoms with Crippen molar-refractivity contribution in [3.63, 3.8) is 0 Å². The summed E-state index contributed by atoms with van der Waals surface area (Å²) >= 11 is 0. The van der Waals surface area contributed by atoms with Crippen molar-refractivity contribution in [1.29, 1.82) is 0 Å². The van der Waals surface area contributed by atoms with Gasteiger partial charge in [0.15, 0.2) is 0 Å². The summed E-state index contributed by atoms with van der Waals surface area (Å²) in [6, 6.07) is 0. The molecular formula is C41H67NO4. The largest absolute Gasteiger partial charge is 0.463 e. The molecule has 0 aromatic carbocycles. The number of ether oxygens (including phenoxy) is 1. The second-order valence-corrected chi connectivity index (χ2v) is 11.7. The van der Waals surface area contributed by atoms with Gasteiger partial charge in [-0.15, -0.1) is 0 Å². The van der Waals surface area contributed by atoms with Crippen LogP contribution < -0.4 is 5.32 Å². The van der Waals surface area contributed by atoms with Gasteiger partial charge < -0.3 is 15.2 Å². The normalized spacial score (nSPS) is 13.2. The lowest BCUT2D eigenvalue weighted by Gasteiger charge is -2.12. The van der Waals surface area contributed by atoms with E-state index in [9.17, 15) is 14.7 Å². The number of hydrogen-bond donors (Lipinski definition) is 2. The number of esters is 1. The molecule has 46 heavy (non-hydrogen) atoms. The van der Waals surface area contributed by atoms with Gasteiger partial charge >= 0.3 is 5.97 Å². The zero-order valence-electron chi connectivity index (χ0n) is 29.4. The number of rotatable bonds is 31. The molecule has 260 valence electrons. The predicted molar refractivity (Wildman–Crippen MR) is 198 cm³/mol. The number of carbonyl (C=O) groups is 2. The van der Waals surface area contributed by atoms with Crippen LogP contribution in [0.1, 0.15) is 142 Å². The van der Waals surface area contributed by atoms with Crippen LogP contribution in [-0.4, -0.2) is 36.2 Å². The van der Waals surface area contributed by atoms with E-state index in [2.05, 4.69) is 104 Å². The number of allylic oxidation sites excluding steroid dienone is 14. The molecule has 0 aliphatic rings. The zero-order chi connectivity index (χ0) is 33.6. The van der Waals surface area contributed by atoms with Gasteiger partial charge in [0, 0.05) is 19.4 Å². The lowest BCUT2D eigenvalue weighted by Crippen LogP contribution is -2.35. The van der Waals surface area contributed by atoms with Gasteiger partial charge in [-0.25, -0.2) is 0 Å². The highest BCUT2D eigenvalue weighted by atomic mass is 16.5. The first-order valence-electron chi connectivity index (χ1n) is 18.2. The number of carbonyl (C=O) groups excluding carboxylic acids is 2. The standard InChI is InChI=1S/C41H67NO4/c1-3-5-7-9-11-13-15-17-19-20-22-24-26-28-30-32-34-36-41(45)46-38-39(43)37-42-40(44)35-33-31-29-27-25-23-21-18-16-14-12-10-8-6-4-2/h5,7,11-14,17-19,21-22,24,28,30,39,43H,3-4,6,8-10,15-16,20,23,25-27,29,31-38H2,1-2H3,(H,42,44)/b7-5-,13-11-,14-12-,19-17-,21-18-,24-22-,30-28-. The summed E-state index contributed by atoms with van der Waals surface area (Å²) in [4.78, 5) is 24.0. The van der Waals surface area contributed by atoms with Crippen molar-refractivity contribution in [2.75, 3.05) is 13.2 Å². The van der Waals surface area contributed by atoms with Crippen LogP contribution in [0.5, 0.6) is 0 Å². The first-order chi connectivity index (χ1) is 22.6. The van der Waals surface area contributed by atoms with E-state index in [-0.39, 0.29) is 25.0 Å². The van der Waals surface area contributed by atoms with Gasteiger partial charge in [0.25, 0.3) is 0 Å². The van der Waals surface area contributed by atoms with Gasteiger partial charge in [0.1, 0.15) is 12.7 Å². The Morgan fingerprint density at radius 3 is 1.57 bits per heavy atom. The van der Waals surface area contributed by atoms with E-state index in [0.29, 0.717) is 19.3 Å². The Kier molecular flexibility index (Phi) is 34.2. The van der Waals surface area contributed by atoms with E-state index < -0.39 is 6.10 Å². The molecule has 0 aromatic heterocycles. The maximum absolute atomic E-state index is 12.0. The number of amides is 1. The Hall–Kier alpha value is -2.92. The Morgan fingerprint density at radius 1 is 0.565 bits per heavy atom. The van der Waals surface area contributed by atoms with Crippen molar-refractivity contribution < 1.29 is 19.4 Å². The van der Waals surface area contributed by atoms with E-state index >= 15 is 0 Å². The molecule has 0 aliphatic heterocycles. The van der Waals surface area contributed by atoms with Gasteiger partial charge in [0.05, 0.1) is 0 Å². The number of hydrogen-bond acceptors (Lipinski definition) is 4.